The summed E-state index contributed by atoms with van der Waals surface area (Å²) in [4.78, 5) is 43.0. The zero-order valence-corrected chi connectivity index (χ0v) is 19.2. The zero-order valence-electron chi connectivity index (χ0n) is 18.4. The van der Waals surface area contributed by atoms with Crippen molar-refractivity contribution in [3.63, 3.8) is 0 Å². The fourth-order valence-electron chi connectivity index (χ4n) is 3.41. The number of carbonyl (C=O) groups is 1. The van der Waals surface area contributed by atoms with Gasteiger partial charge in [0.05, 0.1) is 11.1 Å². The van der Waals surface area contributed by atoms with Crippen LogP contribution in [0.5, 0.6) is 0 Å². The largest absolute Gasteiger partial charge is 0.332 e. The van der Waals surface area contributed by atoms with Crippen molar-refractivity contribution in [2.24, 2.45) is 14.1 Å². The van der Waals surface area contributed by atoms with Gasteiger partial charge in [0.25, 0.3) is 5.56 Å². The molecule has 0 aliphatic heterocycles. The molecule has 8 heteroatoms. The van der Waals surface area contributed by atoms with Crippen LogP contribution in [0.1, 0.15) is 37.8 Å². The van der Waals surface area contributed by atoms with Gasteiger partial charge in [-0.25, -0.2) is 9.78 Å². The Kier molecular flexibility index (Phi) is 7.33. The number of carbonyl (C=O) groups excluding carboxylic acids is 1. The summed E-state index contributed by atoms with van der Waals surface area (Å²) in [5, 5.41) is 3.30. The monoisotopic (exact) mass is 440 g/mol. The van der Waals surface area contributed by atoms with Gasteiger partial charge in [-0.1, -0.05) is 32.4 Å². The summed E-state index contributed by atoms with van der Waals surface area (Å²) >= 11 is 1.32. The number of nitrogens with one attached hydrogen (secondary N) is 1. The van der Waals surface area contributed by atoms with Crippen LogP contribution in [0, 0.1) is 0 Å². The van der Waals surface area contributed by atoms with E-state index in [2.05, 4.69) is 24.1 Å². The molecule has 0 bridgehead atoms. The molecule has 31 heavy (non-hydrogen) atoms. The van der Waals surface area contributed by atoms with Crippen LogP contribution in [-0.2, 0) is 31.7 Å². The van der Waals surface area contributed by atoms with Crippen molar-refractivity contribution in [3.05, 3.63) is 62.4 Å². The number of hydrogen-bond donors (Lipinski definition) is 1. The summed E-state index contributed by atoms with van der Waals surface area (Å²) in [5.41, 5.74) is 2.41. The topological polar surface area (TPSA) is 86.0 Å². The number of aromatic nitrogens is 3. The Morgan fingerprint density at radius 3 is 2.45 bits per heavy atom. The molecule has 1 N–H and O–H groups in total. The summed E-state index contributed by atoms with van der Waals surface area (Å²) in [7, 11) is 3.06. The molecule has 164 valence electrons. The van der Waals surface area contributed by atoms with Crippen LogP contribution in [0.4, 0.5) is 5.69 Å². The van der Waals surface area contributed by atoms with Crippen LogP contribution in [0.2, 0.25) is 0 Å². The maximum absolute atomic E-state index is 12.9. The maximum Gasteiger partial charge on any atom is 0.332 e. The van der Waals surface area contributed by atoms with E-state index in [0.29, 0.717) is 11.0 Å². The molecular weight excluding hydrogens is 412 g/mol. The van der Waals surface area contributed by atoms with Crippen molar-refractivity contribution in [2.45, 2.75) is 44.4 Å². The van der Waals surface area contributed by atoms with Gasteiger partial charge >= 0.3 is 5.69 Å². The number of unbranched alkanes of at least 4 members (excludes halogenated alkanes) is 1. The fraction of sp³-hybridized carbons (Fsp3) is 0.391. The molecule has 7 nitrogen and oxygen atoms in total. The molecule has 2 heterocycles. The lowest BCUT2D eigenvalue weighted by Gasteiger charge is -2.14. The summed E-state index contributed by atoms with van der Waals surface area (Å²) in [6.07, 6.45) is 5.37. The van der Waals surface area contributed by atoms with Gasteiger partial charge in [0.1, 0.15) is 5.65 Å². The number of pyridine rings is 1. The highest BCUT2D eigenvalue weighted by atomic mass is 32.2. The molecule has 1 amide bonds. The van der Waals surface area contributed by atoms with Gasteiger partial charge < -0.3 is 5.32 Å². The van der Waals surface area contributed by atoms with Gasteiger partial charge in [-0.2, -0.15) is 0 Å². The average Bonchev–Trinajstić information content (AvgIpc) is 2.78. The Balaban J connectivity index is 1.93. The van der Waals surface area contributed by atoms with E-state index in [-0.39, 0.29) is 17.2 Å². The minimum Gasteiger partial charge on any atom is -0.325 e. The third kappa shape index (κ3) is 4.90. The van der Waals surface area contributed by atoms with Crippen LogP contribution in [0.3, 0.4) is 0 Å². The number of fused-ring (bicyclic) bond motifs is 1. The van der Waals surface area contributed by atoms with E-state index in [9.17, 15) is 14.4 Å². The molecule has 0 fully saturated rings. The number of amides is 1. The molecular formula is C23H28N4O3S. The minimum absolute atomic E-state index is 0.151. The van der Waals surface area contributed by atoms with E-state index in [4.69, 9.17) is 0 Å². The molecule has 0 aliphatic carbocycles. The van der Waals surface area contributed by atoms with Gasteiger partial charge in [-0.3, -0.25) is 18.7 Å². The second-order valence-electron chi connectivity index (χ2n) is 7.51. The second kappa shape index (κ2) is 9.96. The lowest BCUT2D eigenvalue weighted by atomic mass is 10.1. The number of nitrogens with zero attached hydrogens (tertiary/aromatic N) is 3. The highest BCUT2D eigenvalue weighted by Gasteiger charge is 2.18. The molecule has 0 saturated heterocycles. The van der Waals surface area contributed by atoms with Crippen molar-refractivity contribution in [3.8, 4) is 0 Å². The lowest BCUT2D eigenvalue weighted by molar-refractivity contribution is -0.113. The maximum atomic E-state index is 12.9. The standard InChI is InChI=1S/C23H28N4O3S/c1-5-7-8-16-13-24-21-19(22(29)27(4)23(30)26(21)3)20(16)31-14-18(28)25-17-11-9-15(6-2)10-12-17/h9-13H,5-8,14H2,1-4H3,(H,25,28). The van der Waals surface area contributed by atoms with E-state index in [1.807, 2.05) is 24.3 Å². The Hall–Kier alpha value is -2.87. The molecule has 0 radical (unpaired) electrons. The SMILES string of the molecule is CCCCc1cnc2c(c1SCC(=O)Nc1ccc(CC)cc1)c(=O)n(C)c(=O)n2C. The van der Waals surface area contributed by atoms with E-state index >= 15 is 0 Å². The fourth-order valence-corrected chi connectivity index (χ4v) is 4.42. The first-order valence-corrected chi connectivity index (χ1v) is 11.4. The number of aryl methyl sites for hydroxylation is 3. The van der Waals surface area contributed by atoms with Crippen molar-refractivity contribution >= 4 is 34.4 Å². The van der Waals surface area contributed by atoms with Gasteiger partial charge in [0.2, 0.25) is 5.91 Å². The molecule has 0 spiro atoms. The Morgan fingerprint density at radius 1 is 1.10 bits per heavy atom. The molecule has 1 aromatic carbocycles. The minimum atomic E-state index is -0.421. The van der Waals surface area contributed by atoms with Crippen LogP contribution >= 0.6 is 11.8 Å². The smallest absolute Gasteiger partial charge is 0.325 e. The number of benzene rings is 1. The normalized spacial score (nSPS) is 11.1. The Labute approximate surface area is 185 Å². The van der Waals surface area contributed by atoms with Crippen molar-refractivity contribution in [1.82, 2.24) is 14.1 Å². The van der Waals surface area contributed by atoms with Crippen LogP contribution < -0.4 is 16.6 Å². The first-order chi connectivity index (χ1) is 14.9. The Morgan fingerprint density at radius 2 is 1.81 bits per heavy atom. The molecule has 0 atom stereocenters. The van der Waals surface area contributed by atoms with Gasteiger partial charge in [-0.05, 0) is 42.5 Å². The molecule has 0 unspecified atom stereocenters. The second-order valence-corrected chi connectivity index (χ2v) is 8.49. The first kappa shape index (κ1) is 22.8. The zero-order chi connectivity index (χ0) is 22.5. The van der Waals surface area contributed by atoms with Crippen molar-refractivity contribution < 1.29 is 4.79 Å². The lowest BCUT2D eigenvalue weighted by Crippen LogP contribution is -2.37. The first-order valence-electron chi connectivity index (χ1n) is 10.5. The van der Waals surface area contributed by atoms with Gasteiger partial charge in [-0.15, -0.1) is 11.8 Å². The quantitative estimate of drug-likeness (QED) is 0.544. The average molecular weight is 441 g/mol. The number of hydrogen-bond acceptors (Lipinski definition) is 5. The third-order valence-corrected chi connectivity index (χ3v) is 6.45. The van der Waals surface area contributed by atoms with Gasteiger partial charge in [0, 0.05) is 30.9 Å². The molecule has 3 rings (SSSR count). The predicted molar refractivity (Wildman–Crippen MR) is 126 cm³/mol. The Bertz CT molecular complexity index is 1210. The number of anilines is 1. The summed E-state index contributed by atoms with van der Waals surface area (Å²) in [6, 6.07) is 7.77. The van der Waals surface area contributed by atoms with Crippen molar-refractivity contribution in [1.29, 1.82) is 0 Å². The summed E-state index contributed by atoms with van der Waals surface area (Å²) < 4.78 is 2.47. The summed E-state index contributed by atoms with van der Waals surface area (Å²) in [6.45, 7) is 4.18. The van der Waals surface area contributed by atoms with Crippen LogP contribution in [0.15, 0.2) is 44.9 Å². The molecule has 2 aromatic heterocycles. The van der Waals surface area contributed by atoms with Crippen LogP contribution in [0.25, 0.3) is 11.0 Å². The number of rotatable bonds is 8. The van der Waals surface area contributed by atoms with Gasteiger partial charge in [0.15, 0.2) is 0 Å². The highest BCUT2D eigenvalue weighted by Crippen LogP contribution is 2.29. The molecule has 0 aliphatic rings. The van der Waals surface area contributed by atoms with Crippen LogP contribution in [-0.4, -0.2) is 25.8 Å². The molecule has 3 aromatic rings. The van der Waals surface area contributed by atoms with E-state index < -0.39 is 5.69 Å². The predicted octanol–water partition coefficient (Wildman–Crippen LogP) is 3.27. The summed E-state index contributed by atoms with van der Waals surface area (Å²) in [5.74, 6) is 0.00189. The van der Waals surface area contributed by atoms with E-state index in [0.717, 1.165) is 46.4 Å². The number of thioether (sulfide) groups is 1. The third-order valence-electron chi connectivity index (χ3n) is 5.29. The highest BCUT2D eigenvalue weighted by molar-refractivity contribution is 8.00. The van der Waals surface area contributed by atoms with Crippen molar-refractivity contribution in [2.75, 3.05) is 11.1 Å². The molecule has 0 saturated carbocycles. The van der Waals surface area contributed by atoms with E-state index in [1.165, 1.54) is 28.9 Å². The van der Waals surface area contributed by atoms with E-state index in [1.54, 1.807) is 13.2 Å².